The molecule has 1 aromatic heterocycles. The van der Waals surface area contributed by atoms with E-state index in [1.54, 1.807) is 0 Å². The summed E-state index contributed by atoms with van der Waals surface area (Å²) in [6.45, 7) is 10.5. The number of likely N-dealkylation sites (tertiary alicyclic amines) is 1. The van der Waals surface area contributed by atoms with E-state index in [-0.39, 0.29) is 11.1 Å². The smallest absolute Gasteiger partial charge is 0.128 e. The van der Waals surface area contributed by atoms with Crippen LogP contribution in [0, 0.1) is 0 Å². The van der Waals surface area contributed by atoms with Crippen LogP contribution in [0.4, 0.5) is 0 Å². The van der Waals surface area contributed by atoms with E-state index in [9.17, 15) is 0 Å². The zero-order valence-corrected chi connectivity index (χ0v) is 12.8. The molecular formula is C13H20BrN3O. The number of ether oxygens (including phenoxy) is 1. The predicted octanol–water partition coefficient (Wildman–Crippen LogP) is 2.38. The Morgan fingerprint density at radius 2 is 2.17 bits per heavy atom. The van der Waals surface area contributed by atoms with Crippen LogP contribution in [0.25, 0.3) is 0 Å². The molecule has 0 bridgehead atoms. The standard InChI is InChI=1S/C13H20BrN3O/c1-12(2,3)16-5-4-13(9-16)10-8-11(14)15-17(10)6-7-18-13/h8H,4-7,9H2,1-3H3/t13-/m1/s1. The second kappa shape index (κ2) is 4.05. The Balaban J connectivity index is 1.94. The molecule has 100 valence electrons. The largest absolute Gasteiger partial charge is 0.365 e. The maximum Gasteiger partial charge on any atom is 0.128 e. The number of halogens is 1. The summed E-state index contributed by atoms with van der Waals surface area (Å²) in [5, 5.41) is 4.49. The van der Waals surface area contributed by atoms with E-state index in [0.717, 1.165) is 37.3 Å². The van der Waals surface area contributed by atoms with Crippen LogP contribution in [0.15, 0.2) is 10.7 Å². The maximum atomic E-state index is 6.17. The molecule has 1 aromatic rings. The third-order valence-electron chi connectivity index (χ3n) is 4.08. The lowest BCUT2D eigenvalue weighted by atomic mass is 9.97. The van der Waals surface area contributed by atoms with Gasteiger partial charge in [0, 0.05) is 18.6 Å². The van der Waals surface area contributed by atoms with Crippen LogP contribution >= 0.6 is 15.9 Å². The van der Waals surface area contributed by atoms with Gasteiger partial charge in [0.05, 0.1) is 18.8 Å². The van der Waals surface area contributed by atoms with Crippen LogP contribution in [0.5, 0.6) is 0 Å². The molecule has 0 aliphatic carbocycles. The SMILES string of the molecule is CC(C)(C)N1CC[C@]2(C1)OCCn1nc(Br)cc12. The molecule has 1 atom stereocenters. The van der Waals surface area contributed by atoms with E-state index in [1.807, 2.05) is 0 Å². The van der Waals surface area contributed by atoms with Crippen LogP contribution in [-0.2, 0) is 16.9 Å². The Bertz CT molecular complexity index is 465. The minimum atomic E-state index is -0.148. The Morgan fingerprint density at radius 1 is 1.39 bits per heavy atom. The van der Waals surface area contributed by atoms with Crippen molar-refractivity contribution in [2.24, 2.45) is 0 Å². The fourth-order valence-corrected chi connectivity index (χ4v) is 3.41. The van der Waals surface area contributed by atoms with Gasteiger partial charge in [-0.1, -0.05) is 0 Å². The molecule has 0 amide bonds. The summed E-state index contributed by atoms with van der Waals surface area (Å²) < 4.78 is 9.18. The van der Waals surface area contributed by atoms with Gasteiger partial charge in [0.15, 0.2) is 0 Å². The van der Waals surface area contributed by atoms with E-state index in [1.165, 1.54) is 5.69 Å². The Morgan fingerprint density at radius 3 is 2.83 bits per heavy atom. The highest BCUT2D eigenvalue weighted by molar-refractivity contribution is 9.10. The topological polar surface area (TPSA) is 30.3 Å². The molecule has 18 heavy (non-hydrogen) atoms. The quantitative estimate of drug-likeness (QED) is 0.736. The zero-order valence-electron chi connectivity index (χ0n) is 11.2. The van der Waals surface area contributed by atoms with E-state index in [4.69, 9.17) is 4.74 Å². The van der Waals surface area contributed by atoms with Gasteiger partial charge in [0.25, 0.3) is 0 Å². The highest BCUT2D eigenvalue weighted by Crippen LogP contribution is 2.41. The van der Waals surface area contributed by atoms with Gasteiger partial charge in [0.1, 0.15) is 10.2 Å². The molecule has 0 aromatic carbocycles. The third kappa shape index (κ3) is 1.92. The fourth-order valence-electron chi connectivity index (χ4n) is 3.01. The lowest BCUT2D eigenvalue weighted by Crippen LogP contribution is -2.45. The molecule has 1 saturated heterocycles. The van der Waals surface area contributed by atoms with Gasteiger partial charge < -0.3 is 4.74 Å². The summed E-state index contributed by atoms with van der Waals surface area (Å²) in [4.78, 5) is 2.50. The Hall–Kier alpha value is -0.390. The number of nitrogens with zero attached hydrogens (tertiary/aromatic N) is 3. The van der Waals surface area contributed by atoms with Crippen molar-refractivity contribution < 1.29 is 4.74 Å². The number of hydrogen-bond donors (Lipinski definition) is 0. The lowest BCUT2D eigenvalue weighted by molar-refractivity contribution is -0.0761. The van der Waals surface area contributed by atoms with E-state index in [2.05, 4.69) is 57.4 Å². The van der Waals surface area contributed by atoms with Gasteiger partial charge in [-0.15, -0.1) is 0 Å². The van der Waals surface area contributed by atoms with E-state index >= 15 is 0 Å². The van der Waals surface area contributed by atoms with Crippen molar-refractivity contribution in [3.05, 3.63) is 16.4 Å². The number of fused-ring (bicyclic) bond motifs is 2. The second-order valence-corrected chi connectivity index (χ2v) is 7.07. The first kappa shape index (κ1) is 12.6. The van der Waals surface area contributed by atoms with Crippen LogP contribution in [0.3, 0.4) is 0 Å². The summed E-state index contributed by atoms with van der Waals surface area (Å²) in [6.07, 6.45) is 1.06. The fraction of sp³-hybridized carbons (Fsp3) is 0.769. The molecule has 3 heterocycles. The third-order valence-corrected chi connectivity index (χ3v) is 4.47. The normalized spacial score (nSPS) is 28.9. The predicted molar refractivity (Wildman–Crippen MR) is 73.5 cm³/mol. The van der Waals surface area contributed by atoms with Crippen molar-refractivity contribution in [2.75, 3.05) is 19.7 Å². The summed E-state index contributed by atoms with van der Waals surface area (Å²) in [5.41, 5.74) is 1.28. The van der Waals surface area contributed by atoms with Gasteiger partial charge in [0.2, 0.25) is 0 Å². The highest BCUT2D eigenvalue weighted by Gasteiger charge is 2.47. The minimum Gasteiger partial charge on any atom is -0.365 e. The second-order valence-electron chi connectivity index (χ2n) is 6.26. The van der Waals surface area contributed by atoms with Crippen LogP contribution in [0.2, 0.25) is 0 Å². The van der Waals surface area contributed by atoms with Crippen molar-refractivity contribution in [3.63, 3.8) is 0 Å². The summed E-state index contributed by atoms with van der Waals surface area (Å²) in [7, 11) is 0. The molecule has 0 saturated carbocycles. The molecule has 0 radical (unpaired) electrons. The maximum absolute atomic E-state index is 6.17. The van der Waals surface area contributed by atoms with Gasteiger partial charge >= 0.3 is 0 Å². The molecule has 4 nitrogen and oxygen atoms in total. The number of rotatable bonds is 0. The van der Waals surface area contributed by atoms with Crippen molar-refractivity contribution in [1.82, 2.24) is 14.7 Å². The first-order valence-corrected chi connectivity index (χ1v) is 7.33. The molecule has 2 aliphatic heterocycles. The molecule has 1 fully saturated rings. The van der Waals surface area contributed by atoms with Gasteiger partial charge in [-0.3, -0.25) is 9.58 Å². The summed E-state index contributed by atoms with van der Waals surface area (Å²) in [5.74, 6) is 0. The first-order valence-electron chi connectivity index (χ1n) is 6.54. The summed E-state index contributed by atoms with van der Waals surface area (Å²) >= 11 is 3.48. The van der Waals surface area contributed by atoms with Gasteiger partial charge in [-0.25, -0.2) is 0 Å². The molecule has 3 rings (SSSR count). The van der Waals surface area contributed by atoms with Crippen molar-refractivity contribution >= 4 is 15.9 Å². The molecule has 1 spiro atoms. The molecule has 5 heteroatoms. The Labute approximate surface area is 116 Å². The summed E-state index contributed by atoms with van der Waals surface area (Å²) in [6, 6.07) is 2.12. The van der Waals surface area contributed by atoms with E-state index in [0.29, 0.717) is 0 Å². The average molecular weight is 314 g/mol. The van der Waals surface area contributed by atoms with Crippen LogP contribution < -0.4 is 0 Å². The minimum absolute atomic E-state index is 0.148. The highest BCUT2D eigenvalue weighted by atomic mass is 79.9. The zero-order chi connectivity index (χ0) is 13.0. The van der Waals surface area contributed by atoms with Crippen LogP contribution in [0.1, 0.15) is 32.9 Å². The first-order chi connectivity index (χ1) is 8.41. The van der Waals surface area contributed by atoms with Gasteiger partial charge in [-0.2, -0.15) is 5.10 Å². The molecule has 2 aliphatic rings. The van der Waals surface area contributed by atoms with Crippen LogP contribution in [-0.4, -0.2) is 39.9 Å². The van der Waals surface area contributed by atoms with Crippen molar-refractivity contribution in [2.45, 2.75) is 44.9 Å². The van der Waals surface area contributed by atoms with Crippen molar-refractivity contribution in [1.29, 1.82) is 0 Å². The molecular weight excluding hydrogens is 294 g/mol. The lowest BCUT2D eigenvalue weighted by Gasteiger charge is -2.37. The number of aromatic nitrogens is 2. The molecule has 0 N–H and O–H groups in total. The monoisotopic (exact) mass is 313 g/mol. The van der Waals surface area contributed by atoms with Gasteiger partial charge in [-0.05, 0) is 49.2 Å². The van der Waals surface area contributed by atoms with E-state index < -0.39 is 0 Å². The number of hydrogen-bond acceptors (Lipinski definition) is 3. The Kier molecular flexibility index (Phi) is 2.84. The average Bonchev–Trinajstić information content (AvgIpc) is 2.83. The molecule has 0 unspecified atom stereocenters. The van der Waals surface area contributed by atoms with Crippen molar-refractivity contribution in [3.8, 4) is 0 Å².